The molecule has 1 N–H and O–H groups in total. The maximum atomic E-state index is 12.3. The van der Waals surface area contributed by atoms with E-state index in [0.29, 0.717) is 11.6 Å². The molecule has 4 nitrogen and oxygen atoms in total. The van der Waals surface area contributed by atoms with E-state index in [1.807, 2.05) is 43.3 Å². The first kappa shape index (κ1) is 18.0. The maximum absolute atomic E-state index is 12.3. The predicted octanol–water partition coefficient (Wildman–Crippen LogP) is 3.17. The number of nitrogens with zero attached hydrogens (tertiary/aromatic N) is 1. The van der Waals surface area contributed by atoms with Crippen molar-refractivity contribution in [2.24, 2.45) is 5.92 Å². The van der Waals surface area contributed by atoms with Gasteiger partial charge < -0.3 is 10.2 Å². The van der Waals surface area contributed by atoms with Gasteiger partial charge >= 0.3 is 0 Å². The van der Waals surface area contributed by atoms with E-state index in [1.165, 1.54) is 0 Å². The first-order chi connectivity index (χ1) is 12.5. The molecule has 0 aromatic heterocycles. The second-order valence-electron chi connectivity index (χ2n) is 6.27. The molecule has 5 heteroatoms. The molecular formula is C21H19ClN2O2. The van der Waals surface area contributed by atoms with Crippen LogP contribution < -0.4 is 10.2 Å². The lowest BCUT2D eigenvalue weighted by atomic mass is 10.1. The van der Waals surface area contributed by atoms with Crippen LogP contribution in [0.4, 0.5) is 5.69 Å². The molecule has 3 rings (SSSR count). The Morgan fingerprint density at radius 2 is 2.04 bits per heavy atom. The molecule has 2 amide bonds. The molecule has 1 aliphatic heterocycles. The summed E-state index contributed by atoms with van der Waals surface area (Å²) < 4.78 is 0. The Bertz CT molecular complexity index is 881. The largest absolute Gasteiger partial charge is 0.345 e. The highest BCUT2D eigenvalue weighted by Crippen LogP contribution is 2.25. The van der Waals surface area contributed by atoms with Crippen LogP contribution in [0.1, 0.15) is 17.5 Å². The van der Waals surface area contributed by atoms with Crippen molar-refractivity contribution < 1.29 is 9.59 Å². The van der Waals surface area contributed by atoms with Crippen molar-refractivity contribution in [2.75, 3.05) is 18.0 Å². The van der Waals surface area contributed by atoms with Crippen LogP contribution in [0.15, 0.2) is 48.5 Å². The molecule has 1 fully saturated rings. The Balaban J connectivity index is 1.54. The molecule has 1 atom stereocenters. The van der Waals surface area contributed by atoms with Gasteiger partial charge in [0, 0.05) is 29.2 Å². The zero-order valence-corrected chi connectivity index (χ0v) is 15.2. The predicted molar refractivity (Wildman–Crippen MR) is 103 cm³/mol. The summed E-state index contributed by atoms with van der Waals surface area (Å²) in [4.78, 5) is 26.2. The van der Waals surface area contributed by atoms with E-state index in [1.54, 1.807) is 17.0 Å². The standard InChI is InChI=1S/C21H19ClN2O2/c1-15-7-9-19(10-8-15)24-14-17(13-20(24)25)21(26)23-11-3-5-16-4-2-6-18(22)12-16/h2,4,6-10,12,17H,11,13-14H2,1H3,(H,23,26). The molecule has 0 radical (unpaired) electrons. The number of rotatable bonds is 3. The second-order valence-corrected chi connectivity index (χ2v) is 6.71. The van der Waals surface area contributed by atoms with Crippen LogP contribution in [-0.4, -0.2) is 24.9 Å². The van der Waals surface area contributed by atoms with Crippen molar-refractivity contribution in [1.29, 1.82) is 0 Å². The summed E-state index contributed by atoms with van der Waals surface area (Å²) >= 11 is 5.91. The van der Waals surface area contributed by atoms with Gasteiger partial charge in [-0.25, -0.2) is 0 Å². The van der Waals surface area contributed by atoms with E-state index in [0.717, 1.165) is 16.8 Å². The zero-order chi connectivity index (χ0) is 18.5. The Labute approximate surface area is 158 Å². The fourth-order valence-corrected chi connectivity index (χ4v) is 3.04. The SMILES string of the molecule is Cc1ccc(N2CC(C(=O)NCC#Cc3cccc(Cl)c3)CC2=O)cc1. The Kier molecular flexibility index (Phi) is 5.60. The van der Waals surface area contributed by atoms with E-state index >= 15 is 0 Å². The number of nitrogens with one attached hydrogen (secondary N) is 1. The topological polar surface area (TPSA) is 49.4 Å². The summed E-state index contributed by atoms with van der Waals surface area (Å²) in [5, 5.41) is 3.41. The first-order valence-electron chi connectivity index (χ1n) is 8.42. The number of halogens is 1. The fraction of sp³-hybridized carbons (Fsp3) is 0.238. The van der Waals surface area contributed by atoms with Gasteiger partial charge in [0.15, 0.2) is 0 Å². The monoisotopic (exact) mass is 366 g/mol. The van der Waals surface area contributed by atoms with Crippen molar-refractivity contribution in [1.82, 2.24) is 5.32 Å². The van der Waals surface area contributed by atoms with Crippen LogP contribution in [0.25, 0.3) is 0 Å². The number of anilines is 1. The first-order valence-corrected chi connectivity index (χ1v) is 8.80. The van der Waals surface area contributed by atoms with Crippen LogP contribution in [0.5, 0.6) is 0 Å². The number of aryl methyl sites for hydroxylation is 1. The number of hydrogen-bond donors (Lipinski definition) is 1. The molecule has 26 heavy (non-hydrogen) atoms. The van der Waals surface area contributed by atoms with Gasteiger partial charge in [0.05, 0.1) is 12.5 Å². The molecule has 0 bridgehead atoms. The third kappa shape index (κ3) is 4.44. The number of carbonyl (C=O) groups is 2. The normalized spacial score (nSPS) is 16.2. The lowest BCUT2D eigenvalue weighted by Crippen LogP contribution is -2.33. The molecule has 1 unspecified atom stereocenters. The molecule has 2 aromatic rings. The number of hydrogen-bond acceptors (Lipinski definition) is 2. The van der Waals surface area contributed by atoms with E-state index in [9.17, 15) is 9.59 Å². The number of amides is 2. The van der Waals surface area contributed by atoms with Crippen LogP contribution in [0, 0.1) is 24.7 Å². The Morgan fingerprint density at radius 1 is 1.27 bits per heavy atom. The molecule has 1 saturated heterocycles. The highest BCUT2D eigenvalue weighted by atomic mass is 35.5. The lowest BCUT2D eigenvalue weighted by molar-refractivity contribution is -0.126. The molecule has 132 valence electrons. The highest BCUT2D eigenvalue weighted by Gasteiger charge is 2.34. The summed E-state index contributed by atoms with van der Waals surface area (Å²) in [6.07, 6.45) is 0.224. The Hall–Kier alpha value is -2.77. The highest BCUT2D eigenvalue weighted by molar-refractivity contribution is 6.30. The quantitative estimate of drug-likeness (QED) is 0.848. The molecule has 0 aliphatic carbocycles. The van der Waals surface area contributed by atoms with Gasteiger partial charge in [-0.15, -0.1) is 0 Å². The van der Waals surface area contributed by atoms with Gasteiger partial charge in [0.2, 0.25) is 11.8 Å². The average molecular weight is 367 g/mol. The fourth-order valence-electron chi connectivity index (χ4n) is 2.85. The molecule has 1 aliphatic rings. The minimum Gasteiger partial charge on any atom is -0.345 e. The molecule has 0 saturated carbocycles. The second kappa shape index (κ2) is 8.07. The Morgan fingerprint density at radius 3 is 2.77 bits per heavy atom. The van der Waals surface area contributed by atoms with Gasteiger partial charge in [-0.1, -0.05) is 47.2 Å². The van der Waals surface area contributed by atoms with Crippen molar-refractivity contribution in [3.8, 4) is 11.8 Å². The summed E-state index contributed by atoms with van der Waals surface area (Å²) in [7, 11) is 0. The average Bonchev–Trinajstić information content (AvgIpc) is 3.01. The van der Waals surface area contributed by atoms with Gasteiger partial charge in [-0.3, -0.25) is 9.59 Å². The van der Waals surface area contributed by atoms with Gasteiger partial charge in [-0.05, 0) is 37.3 Å². The summed E-state index contributed by atoms with van der Waals surface area (Å²) in [5.74, 6) is 5.33. The summed E-state index contributed by atoms with van der Waals surface area (Å²) in [6, 6.07) is 15.0. The van der Waals surface area contributed by atoms with Crippen LogP contribution in [0.2, 0.25) is 5.02 Å². The van der Waals surface area contributed by atoms with E-state index < -0.39 is 0 Å². The number of benzene rings is 2. The maximum Gasteiger partial charge on any atom is 0.227 e. The van der Waals surface area contributed by atoms with Crippen molar-refractivity contribution in [3.05, 3.63) is 64.7 Å². The van der Waals surface area contributed by atoms with Gasteiger partial charge in [0.1, 0.15) is 0 Å². The molecule has 1 heterocycles. The molecule has 2 aromatic carbocycles. The van der Waals surface area contributed by atoms with E-state index in [4.69, 9.17) is 11.6 Å². The summed E-state index contributed by atoms with van der Waals surface area (Å²) in [5.41, 5.74) is 2.76. The van der Waals surface area contributed by atoms with E-state index in [-0.39, 0.29) is 30.7 Å². The van der Waals surface area contributed by atoms with Crippen LogP contribution >= 0.6 is 11.6 Å². The van der Waals surface area contributed by atoms with Gasteiger partial charge in [0.25, 0.3) is 0 Å². The molecule has 0 spiro atoms. The third-order valence-corrected chi connectivity index (χ3v) is 4.48. The van der Waals surface area contributed by atoms with Crippen LogP contribution in [-0.2, 0) is 9.59 Å². The smallest absolute Gasteiger partial charge is 0.227 e. The lowest BCUT2D eigenvalue weighted by Gasteiger charge is -2.16. The minimum absolute atomic E-state index is 0.0287. The van der Waals surface area contributed by atoms with Crippen molar-refractivity contribution in [3.63, 3.8) is 0 Å². The van der Waals surface area contributed by atoms with Crippen molar-refractivity contribution >= 4 is 29.1 Å². The minimum atomic E-state index is -0.350. The van der Waals surface area contributed by atoms with Crippen LogP contribution in [0.3, 0.4) is 0 Å². The molecular weight excluding hydrogens is 348 g/mol. The van der Waals surface area contributed by atoms with Crippen molar-refractivity contribution in [2.45, 2.75) is 13.3 Å². The van der Waals surface area contributed by atoms with Gasteiger partial charge in [-0.2, -0.15) is 0 Å². The zero-order valence-electron chi connectivity index (χ0n) is 14.5. The summed E-state index contributed by atoms with van der Waals surface area (Å²) in [6.45, 7) is 2.63. The third-order valence-electron chi connectivity index (χ3n) is 4.25. The van der Waals surface area contributed by atoms with E-state index in [2.05, 4.69) is 17.2 Å². The number of carbonyl (C=O) groups excluding carboxylic acids is 2.